The van der Waals surface area contributed by atoms with E-state index in [-0.39, 0.29) is 11.5 Å². The molecule has 152 valence electrons. The van der Waals surface area contributed by atoms with E-state index in [9.17, 15) is 9.59 Å². The second kappa shape index (κ2) is 8.69. The van der Waals surface area contributed by atoms with Crippen LogP contribution in [0.3, 0.4) is 0 Å². The highest BCUT2D eigenvalue weighted by atomic mass is 35.5. The first-order valence-electron chi connectivity index (χ1n) is 9.20. The van der Waals surface area contributed by atoms with Crippen molar-refractivity contribution in [2.75, 3.05) is 6.54 Å². The Morgan fingerprint density at radius 3 is 2.63 bits per heavy atom. The average molecular weight is 442 g/mol. The minimum atomic E-state index is -0.208. The Bertz CT molecular complexity index is 1260. The summed E-state index contributed by atoms with van der Waals surface area (Å²) >= 11 is 11.9. The number of rotatable bonds is 6. The van der Waals surface area contributed by atoms with Crippen LogP contribution in [-0.4, -0.2) is 31.8 Å². The molecule has 4 rings (SSSR count). The first-order chi connectivity index (χ1) is 14.5. The predicted molar refractivity (Wildman–Crippen MR) is 116 cm³/mol. The third-order valence-electron chi connectivity index (χ3n) is 4.58. The Labute approximate surface area is 181 Å². The van der Waals surface area contributed by atoms with Gasteiger partial charge in [-0.15, -0.1) is 0 Å². The van der Waals surface area contributed by atoms with E-state index < -0.39 is 0 Å². The third-order valence-corrected chi connectivity index (χ3v) is 5.07. The Balaban J connectivity index is 1.45. The van der Waals surface area contributed by atoms with E-state index in [4.69, 9.17) is 23.2 Å². The summed E-state index contributed by atoms with van der Waals surface area (Å²) in [5.74, 6) is -0.208. The Morgan fingerprint density at radius 1 is 1.07 bits per heavy atom. The smallest absolute Gasteiger partial charge is 0.264 e. The van der Waals surface area contributed by atoms with Gasteiger partial charge >= 0.3 is 0 Å². The number of halogens is 2. The van der Waals surface area contributed by atoms with Gasteiger partial charge < -0.3 is 5.32 Å². The molecule has 0 saturated carbocycles. The zero-order chi connectivity index (χ0) is 21.1. The van der Waals surface area contributed by atoms with Crippen LogP contribution >= 0.6 is 23.2 Å². The summed E-state index contributed by atoms with van der Waals surface area (Å²) in [6.07, 6.45) is 3.00. The summed E-state index contributed by atoms with van der Waals surface area (Å²) < 4.78 is 3.12. The van der Waals surface area contributed by atoms with Crippen molar-refractivity contribution in [1.29, 1.82) is 0 Å². The van der Waals surface area contributed by atoms with Gasteiger partial charge in [-0.05, 0) is 42.0 Å². The van der Waals surface area contributed by atoms with E-state index in [1.54, 1.807) is 35.0 Å². The second-order valence-corrected chi connectivity index (χ2v) is 7.55. The van der Waals surface area contributed by atoms with Crippen LogP contribution in [0.4, 0.5) is 0 Å². The van der Waals surface area contributed by atoms with E-state index in [0.29, 0.717) is 46.3 Å². The molecule has 0 aliphatic rings. The largest absolute Gasteiger partial charge is 0.350 e. The zero-order valence-corrected chi connectivity index (χ0v) is 17.3. The maximum absolute atomic E-state index is 12.8. The summed E-state index contributed by atoms with van der Waals surface area (Å²) in [6.45, 7) is 1.09. The molecule has 1 amide bonds. The maximum Gasteiger partial charge on any atom is 0.264 e. The SMILES string of the molecule is O=C(NCCn1ncc2c(=O)n(Cc3cccc(Cl)c3)cnc21)c1ccc(Cl)cc1. The van der Waals surface area contributed by atoms with Crippen LogP contribution in [0.2, 0.25) is 10.0 Å². The van der Waals surface area contributed by atoms with Gasteiger partial charge in [-0.3, -0.25) is 14.2 Å². The van der Waals surface area contributed by atoms with E-state index in [2.05, 4.69) is 15.4 Å². The molecule has 2 aromatic heterocycles. The van der Waals surface area contributed by atoms with Crippen molar-refractivity contribution in [2.24, 2.45) is 0 Å². The molecule has 0 fully saturated rings. The fraction of sp³-hybridized carbons (Fsp3) is 0.143. The molecular formula is C21H17Cl2N5O2. The predicted octanol–water partition coefficient (Wildman–Crippen LogP) is 3.38. The normalized spacial score (nSPS) is 11.0. The van der Waals surface area contributed by atoms with Gasteiger partial charge in [-0.25, -0.2) is 9.67 Å². The van der Waals surface area contributed by atoms with Gasteiger partial charge in [0.15, 0.2) is 5.65 Å². The van der Waals surface area contributed by atoms with Crippen LogP contribution in [-0.2, 0) is 13.1 Å². The number of hydrogen-bond donors (Lipinski definition) is 1. The molecule has 0 aliphatic carbocycles. The molecule has 0 saturated heterocycles. The van der Waals surface area contributed by atoms with Crippen molar-refractivity contribution in [3.63, 3.8) is 0 Å². The van der Waals surface area contributed by atoms with Gasteiger partial charge in [0.2, 0.25) is 0 Å². The number of carbonyl (C=O) groups is 1. The number of fused-ring (bicyclic) bond motifs is 1. The first-order valence-corrected chi connectivity index (χ1v) is 9.96. The monoisotopic (exact) mass is 441 g/mol. The lowest BCUT2D eigenvalue weighted by atomic mass is 10.2. The standard InChI is InChI=1S/C21H17Cl2N5O2/c22-16-6-4-15(5-7-16)20(29)24-8-9-28-19-18(11-26-28)21(30)27(13-25-19)12-14-2-1-3-17(23)10-14/h1-7,10-11,13H,8-9,12H2,(H,24,29). The zero-order valence-electron chi connectivity index (χ0n) is 15.8. The Morgan fingerprint density at radius 2 is 1.87 bits per heavy atom. The molecule has 0 unspecified atom stereocenters. The summed E-state index contributed by atoms with van der Waals surface area (Å²) in [7, 11) is 0. The highest BCUT2D eigenvalue weighted by molar-refractivity contribution is 6.30. The number of benzene rings is 2. The molecular weight excluding hydrogens is 425 g/mol. The van der Waals surface area contributed by atoms with Crippen LogP contribution < -0.4 is 10.9 Å². The van der Waals surface area contributed by atoms with Gasteiger partial charge in [0.05, 0.1) is 19.3 Å². The molecule has 4 aromatic rings. The van der Waals surface area contributed by atoms with Crippen molar-refractivity contribution < 1.29 is 4.79 Å². The molecule has 7 nitrogen and oxygen atoms in total. The van der Waals surface area contributed by atoms with E-state index in [1.165, 1.54) is 17.1 Å². The van der Waals surface area contributed by atoms with Crippen molar-refractivity contribution in [1.82, 2.24) is 24.6 Å². The van der Waals surface area contributed by atoms with Gasteiger partial charge in [0.1, 0.15) is 11.7 Å². The third kappa shape index (κ3) is 4.37. The lowest BCUT2D eigenvalue weighted by molar-refractivity contribution is 0.0952. The topological polar surface area (TPSA) is 81.8 Å². The van der Waals surface area contributed by atoms with Gasteiger partial charge in [-0.1, -0.05) is 35.3 Å². The Kier molecular flexibility index (Phi) is 5.83. The minimum absolute atomic E-state index is 0.184. The highest BCUT2D eigenvalue weighted by Crippen LogP contribution is 2.12. The second-order valence-electron chi connectivity index (χ2n) is 6.68. The number of carbonyl (C=O) groups excluding carboxylic acids is 1. The van der Waals surface area contributed by atoms with Crippen LogP contribution in [0.1, 0.15) is 15.9 Å². The highest BCUT2D eigenvalue weighted by Gasteiger charge is 2.11. The number of nitrogens with one attached hydrogen (secondary N) is 1. The van der Waals surface area contributed by atoms with Crippen molar-refractivity contribution in [3.05, 3.63) is 92.6 Å². The molecule has 1 N–H and O–H groups in total. The average Bonchev–Trinajstić information content (AvgIpc) is 3.14. The van der Waals surface area contributed by atoms with Crippen LogP contribution in [0.15, 0.2) is 65.8 Å². The molecule has 9 heteroatoms. The number of hydrogen-bond acceptors (Lipinski definition) is 4. The van der Waals surface area contributed by atoms with Crippen LogP contribution in [0.25, 0.3) is 11.0 Å². The summed E-state index contributed by atoms with van der Waals surface area (Å²) in [6, 6.07) is 14.0. The molecule has 0 aliphatic heterocycles. The lowest BCUT2D eigenvalue weighted by Crippen LogP contribution is -2.27. The molecule has 2 heterocycles. The van der Waals surface area contributed by atoms with Gasteiger partial charge in [0.25, 0.3) is 11.5 Å². The number of aromatic nitrogens is 4. The lowest BCUT2D eigenvalue weighted by Gasteiger charge is -2.08. The van der Waals surface area contributed by atoms with Crippen molar-refractivity contribution >= 4 is 40.1 Å². The van der Waals surface area contributed by atoms with E-state index in [0.717, 1.165) is 5.56 Å². The maximum atomic E-state index is 12.8. The fourth-order valence-electron chi connectivity index (χ4n) is 3.08. The van der Waals surface area contributed by atoms with Gasteiger partial charge in [0, 0.05) is 22.2 Å². The first kappa shape index (κ1) is 20.1. The van der Waals surface area contributed by atoms with Crippen molar-refractivity contribution in [2.45, 2.75) is 13.1 Å². The molecule has 0 radical (unpaired) electrons. The summed E-state index contributed by atoms with van der Waals surface area (Å²) in [5.41, 5.74) is 1.72. The fourth-order valence-corrected chi connectivity index (χ4v) is 3.42. The molecule has 30 heavy (non-hydrogen) atoms. The van der Waals surface area contributed by atoms with Crippen LogP contribution in [0.5, 0.6) is 0 Å². The van der Waals surface area contributed by atoms with E-state index in [1.807, 2.05) is 18.2 Å². The minimum Gasteiger partial charge on any atom is -0.350 e. The number of nitrogens with zero attached hydrogens (tertiary/aromatic N) is 4. The van der Waals surface area contributed by atoms with E-state index >= 15 is 0 Å². The van der Waals surface area contributed by atoms with Crippen LogP contribution in [0, 0.1) is 0 Å². The molecule has 0 atom stereocenters. The summed E-state index contributed by atoms with van der Waals surface area (Å²) in [4.78, 5) is 29.4. The molecule has 0 spiro atoms. The van der Waals surface area contributed by atoms with Gasteiger partial charge in [-0.2, -0.15) is 5.10 Å². The molecule has 0 bridgehead atoms. The summed E-state index contributed by atoms with van der Waals surface area (Å²) in [5, 5.41) is 8.67. The Hall–Kier alpha value is -3.16. The molecule has 2 aromatic carbocycles. The van der Waals surface area contributed by atoms with Crippen molar-refractivity contribution in [3.8, 4) is 0 Å². The number of amides is 1. The quantitative estimate of drug-likeness (QED) is 0.497.